The van der Waals surface area contributed by atoms with Crippen LogP contribution in [0, 0.1) is 11.6 Å². The highest BCUT2D eigenvalue weighted by Gasteiger charge is 2.39. The molecule has 0 bridgehead atoms. The van der Waals surface area contributed by atoms with E-state index in [0.717, 1.165) is 31.7 Å². The Bertz CT molecular complexity index is 507. The molecule has 116 valence electrons. The highest BCUT2D eigenvalue weighted by molar-refractivity contribution is 5.84. The monoisotopic (exact) mass is 296 g/mol. The van der Waals surface area contributed by atoms with Gasteiger partial charge in [0.2, 0.25) is 5.91 Å². The fourth-order valence-corrected chi connectivity index (χ4v) is 2.76. The van der Waals surface area contributed by atoms with Crippen LogP contribution in [0.1, 0.15) is 51.3 Å². The Kier molecular flexibility index (Phi) is 5.28. The van der Waals surface area contributed by atoms with Gasteiger partial charge in [-0.1, -0.05) is 26.7 Å². The van der Waals surface area contributed by atoms with Gasteiger partial charge in [0.05, 0.1) is 6.04 Å². The van der Waals surface area contributed by atoms with E-state index in [9.17, 15) is 13.6 Å². The van der Waals surface area contributed by atoms with Crippen LogP contribution in [0.5, 0.6) is 0 Å². The summed E-state index contributed by atoms with van der Waals surface area (Å²) in [4.78, 5) is 14.1. The number of benzene rings is 1. The summed E-state index contributed by atoms with van der Waals surface area (Å²) in [6.45, 7) is 4.61. The Morgan fingerprint density at radius 3 is 2.62 bits per heavy atom. The van der Waals surface area contributed by atoms with E-state index in [4.69, 9.17) is 0 Å². The number of carbonyl (C=O) groups excluding carboxylic acids is 1. The number of rotatable bonds is 6. The van der Waals surface area contributed by atoms with E-state index in [1.807, 2.05) is 6.92 Å². The summed E-state index contributed by atoms with van der Waals surface area (Å²) in [5, 5.41) is 3.20. The summed E-state index contributed by atoms with van der Waals surface area (Å²) >= 11 is 0. The van der Waals surface area contributed by atoms with Crippen LogP contribution >= 0.6 is 0 Å². The lowest BCUT2D eigenvalue weighted by Crippen LogP contribution is -2.32. The topological polar surface area (TPSA) is 32.3 Å². The van der Waals surface area contributed by atoms with Crippen molar-refractivity contribution >= 4 is 5.91 Å². The van der Waals surface area contributed by atoms with Gasteiger partial charge < -0.3 is 4.90 Å². The van der Waals surface area contributed by atoms with Crippen molar-refractivity contribution in [2.45, 2.75) is 51.7 Å². The van der Waals surface area contributed by atoms with Gasteiger partial charge >= 0.3 is 0 Å². The molecule has 5 heteroatoms. The van der Waals surface area contributed by atoms with Gasteiger partial charge in [0.25, 0.3) is 0 Å². The Morgan fingerprint density at radius 1 is 1.24 bits per heavy atom. The number of nitrogens with zero attached hydrogens (tertiary/aromatic N) is 1. The van der Waals surface area contributed by atoms with Crippen molar-refractivity contribution in [1.82, 2.24) is 10.2 Å². The van der Waals surface area contributed by atoms with Crippen LogP contribution in [-0.2, 0) is 4.79 Å². The molecule has 0 spiro atoms. The summed E-state index contributed by atoms with van der Waals surface area (Å²) < 4.78 is 27.1. The Labute approximate surface area is 124 Å². The minimum absolute atomic E-state index is 0.0130. The molecule has 3 nitrogen and oxygen atoms in total. The maximum Gasteiger partial charge on any atom is 0.241 e. The van der Waals surface area contributed by atoms with Crippen molar-refractivity contribution in [3.05, 3.63) is 35.4 Å². The fraction of sp³-hybridized carbons (Fsp3) is 0.562. The molecule has 1 aromatic carbocycles. The molecular weight excluding hydrogens is 274 g/mol. The molecule has 1 aromatic rings. The third-order valence-corrected chi connectivity index (χ3v) is 3.82. The maximum atomic E-state index is 14.0. The van der Waals surface area contributed by atoms with Crippen LogP contribution in [0.3, 0.4) is 0 Å². The third kappa shape index (κ3) is 3.40. The predicted octanol–water partition coefficient (Wildman–Crippen LogP) is 3.36. The lowest BCUT2D eigenvalue weighted by atomic mass is 10.1. The van der Waals surface area contributed by atoms with Gasteiger partial charge in [-0.15, -0.1) is 0 Å². The standard InChI is InChI=1S/C16H22F2N2O/c1-3-5-6-14-16(21)20(9-4-2)15(19-14)12-8-7-11(17)10-13(12)18/h7-8,10,14-15,19H,3-6,9H2,1-2H3. The summed E-state index contributed by atoms with van der Waals surface area (Å²) in [6.07, 6.45) is 3.00. The summed E-state index contributed by atoms with van der Waals surface area (Å²) in [6, 6.07) is 3.24. The average Bonchev–Trinajstić information content (AvgIpc) is 2.74. The minimum Gasteiger partial charge on any atom is -0.321 e. The average molecular weight is 296 g/mol. The van der Waals surface area contributed by atoms with Gasteiger partial charge in [-0.2, -0.15) is 0 Å². The first kappa shape index (κ1) is 15.9. The zero-order valence-corrected chi connectivity index (χ0v) is 12.5. The second kappa shape index (κ2) is 6.98. The lowest BCUT2D eigenvalue weighted by Gasteiger charge is -2.24. The number of amides is 1. The Hall–Kier alpha value is -1.49. The molecule has 0 radical (unpaired) electrons. The molecule has 0 aliphatic carbocycles. The van der Waals surface area contributed by atoms with Gasteiger partial charge in [-0.05, 0) is 25.0 Å². The second-order valence-electron chi connectivity index (χ2n) is 5.46. The van der Waals surface area contributed by atoms with Crippen LogP contribution in [0.2, 0.25) is 0 Å². The van der Waals surface area contributed by atoms with Crippen LogP contribution in [0.4, 0.5) is 8.78 Å². The molecule has 1 amide bonds. The van der Waals surface area contributed by atoms with Gasteiger partial charge in [0, 0.05) is 18.2 Å². The van der Waals surface area contributed by atoms with Crippen molar-refractivity contribution in [3.8, 4) is 0 Å². The van der Waals surface area contributed by atoms with Crippen LogP contribution in [0.15, 0.2) is 18.2 Å². The van der Waals surface area contributed by atoms with E-state index in [0.29, 0.717) is 12.1 Å². The molecule has 1 N–H and O–H groups in total. The van der Waals surface area contributed by atoms with E-state index in [1.165, 1.54) is 12.1 Å². The van der Waals surface area contributed by atoms with E-state index in [-0.39, 0.29) is 11.9 Å². The number of carbonyl (C=O) groups is 1. The van der Waals surface area contributed by atoms with Gasteiger partial charge in [0.1, 0.15) is 17.8 Å². The molecule has 2 unspecified atom stereocenters. The smallest absolute Gasteiger partial charge is 0.241 e. The molecule has 2 rings (SSSR count). The zero-order valence-electron chi connectivity index (χ0n) is 12.5. The first-order chi connectivity index (χ1) is 10.1. The SMILES string of the molecule is CCCCC1NC(c2ccc(F)cc2F)N(CCC)C1=O. The summed E-state index contributed by atoms with van der Waals surface area (Å²) in [5.74, 6) is -1.21. The minimum atomic E-state index is -0.613. The first-order valence-corrected chi connectivity index (χ1v) is 7.60. The summed E-state index contributed by atoms with van der Waals surface area (Å²) in [7, 11) is 0. The predicted molar refractivity (Wildman–Crippen MR) is 77.6 cm³/mol. The number of hydrogen-bond acceptors (Lipinski definition) is 2. The molecule has 0 aromatic heterocycles. The molecule has 1 fully saturated rings. The summed E-state index contributed by atoms with van der Waals surface area (Å²) in [5.41, 5.74) is 0.331. The third-order valence-electron chi connectivity index (χ3n) is 3.82. The maximum absolute atomic E-state index is 14.0. The quantitative estimate of drug-likeness (QED) is 0.873. The molecule has 1 heterocycles. The van der Waals surface area contributed by atoms with Crippen LogP contribution in [0.25, 0.3) is 0 Å². The highest BCUT2D eigenvalue weighted by Crippen LogP contribution is 2.29. The molecule has 1 aliphatic heterocycles. The molecular formula is C16H22F2N2O. The number of hydrogen-bond donors (Lipinski definition) is 1. The van der Waals surface area contributed by atoms with E-state index >= 15 is 0 Å². The Balaban J connectivity index is 2.25. The van der Waals surface area contributed by atoms with Gasteiger partial charge in [0.15, 0.2) is 0 Å². The number of unbranched alkanes of at least 4 members (excludes halogenated alkanes) is 1. The normalized spacial score (nSPS) is 22.1. The fourth-order valence-electron chi connectivity index (χ4n) is 2.76. The molecule has 0 saturated carbocycles. The largest absolute Gasteiger partial charge is 0.321 e. The van der Waals surface area contributed by atoms with Crippen molar-refractivity contribution in [2.75, 3.05) is 6.54 Å². The van der Waals surface area contributed by atoms with Crippen LogP contribution in [-0.4, -0.2) is 23.4 Å². The Morgan fingerprint density at radius 2 is 2.00 bits per heavy atom. The van der Waals surface area contributed by atoms with Crippen molar-refractivity contribution in [3.63, 3.8) is 0 Å². The molecule has 1 saturated heterocycles. The van der Waals surface area contributed by atoms with E-state index in [2.05, 4.69) is 12.2 Å². The second-order valence-corrected chi connectivity index (χ2v) is 5.46. The van der Waals surface area contributed by atoms with Gasteiger partial charge in [-0.3, -0.25) is 10.1 Å². The number of nitrogens with one attached hydrogen (secondary N) is 1. The highest BCUT2D eigenvalue weighted by atomic mass is 19.1. The zero-order chi connectivity index (χ0) is 15.4. The molecule has 21 heavy (non-hydrogen) atoms. The van der Waals surface area contributed by atoms with Crippen LogP contribution < -0.4 is 5.32 Å². The van der Waals surface area contributed by atoms with Crippen molar-refractivity contribution in [2.24, 2.45) is 0 Å². The van der Waals surface area contributed by atoms with E-state index < -0.39 is 17.8 Å². The van der Waals surface area contributed by atoms with Gasteiger partial charge in [-0.25, -0.2) is 8.78 Å². The van der Waals surface area contributed by atoms with Crippen molar-refractivity contribution in [1.29, 1.82) is 0 Å². The first-order valence-electron chi connectivity index (χ1n) is 7.60. The molecule has 1 aliphatic rings. The van der Waals surface area contributed by atoms with E-state index in [1.54, 1.807) is 4.90 Å². The van der Waals surface area contributed by atoms with Crippen molar-refractivity contribution < 1.29 is 13.6 Å². The molecule has 2 atom stereocenters. The number of halogens is 2. The lowest BCUT2D eigenvalue weighted by molar-refractivity contribution is -0.130.